The van der Waals surface area contributed by atoms with E-state index in [1.54, 1.807) is 23.2 Å². The Balaban J connectivity index is 0.00000122. The fourth-order valence-corrected chi connectivity index (χ4v) is 2.34. The van der Waals surface area contributed by atoms with E-state index in [-0.39, 0.29) is 25.0 Å². The van der Waals surface area contributed by atoms with Crippen molar-refractivity contribution in [3.63, 3.8) is 0 Å². The lowest BCUT2D eigenvalue weighted by Gasteiger charge is -2.25. The minimum absolute atomic E-state index is 0.109. The third-order valence-electron chi connectivity index (χ3n) is 3.96. The predicted octanol–water partition coefficient (Wildman–Crippen LogP) is 0.735. The molecule has 28 heavy (non-hydrogen) atoms. The molecule has 0 bridgehead atoms. The quantitative estimate of drug-likeness (QED) is 0.698. The Bertz CT molecular complexity index is 828. The molecule has 2 aromatic heterocycles. The highest BCUT2D eigenvalue weighted by Gasteiger charge is 2.25. The number of imidazole rings is 2. The highest BCUT2D eigenvalue weighted by Crippen LogP contribution is 2.17. The number of hydrogen-bond acceptors (Lipinski definition) is 7. The number of carbonyl (C=O) groups excluding carboxylic acids is 3. The second-order valence-electron chi connectivity index (χ2n) is 7.22. The van der Waals surface area contributed by atoms with Gasteiger partial charge < -0.3 is 14.2 Å². The van der Waals surface area contributed by atoms with Crippen LogP contribution in [0, 0.1) is 5.41 Å². The van der Waals surface area contributed by atoms with Gasteiger partial charge in [0.15, 0.2) is 5.78 Å². The lowest BCUT2D eigenvalue weighted by atomic mass is 9.90. The molecule has 0 atom stereocenters. The van der Waals surface area contributed by atoms with Gasteiger partial charge in [0.05, 0.1) is 19.6 Å². The summed E-state index contributed by atoms with van der Waals surface area (Å²) in [6.45, 7) is 6.61. The molecular formula is C18H25N5O5. The number of hydrogen-bond donors (Lipinski definition) is 1. The first kappa shape index (κ1) is 22.9. The SMILES string of the molecule is Cn1ccnc1CN(CC(=O)C(C)(C)C)Cc1nccn1CC(=O)O.O=C=O. The first-order chi connectivity index (χ1) is 13.1. The third kappa shape index (κ3) is 7.26. The highest BCUT2D eigenvalue weighted by atomic mass is 16.4. The number of aromatic nitrogens is 4. The Labute approximate surface area is 162 Å². The summed E-state index contributed by atoms with van der Waals surface area (Å²) >= 11 is 0. The first-order valence-electron chi connectivity index (χ1n) is 8.51. The predicted molar refractivity (Wildman–Crippen MR) is 96.7 cm³/mol. The van der Waals surface area contributed by atoms with Crippen molar-refractivity contribution in [2.75, 3.05) is 6.54 Å². The number of rotatable bonds is 8. The van der Waals surface area contributed by atoms with Crippen molar-refractivity contribution in [1.29, 1.82) is 0 Å². The fourth-order valence-electron chi connectivity index (χ4n) is 2.34. The summed E-state index contributed by atoms with van der Waals surface area (Å²) in [7, 11) is 1.90. The minimum Gasteiger partial charge on any atom is -0.480 e. The third-order valence-corrected chi connectivity index (χ3v) is 3.96. The molecule has 0 fully saturated rings. The number of Topliss-reactive ketones (excluding diaryl/α,β-unsaturated/α-hetero) is 1. The zero-order valence-corrected chi connectivity index (χ0v) is 16.5. The van der Waals surface area contributed by atoms with Crippen molar-refractivity contribution >= 4 is 17.9 Å². The molecular weight excluding hydrogens is 366 g/mol. The molecule has 0 aliphatic rings. The van der Waals surface area contributed by atoms with Crippen LogP contribution < -0.4 is 0 Å². The molecule has 0 aromatic carbocycles. The van der Waals surface area contributed by atoms with Gasteiger partial charge in [-0.3, -0.25) is 14.5 Å². The van der Waals surface area contributed by atoms with Crippen LogP contribution in [0.2, 0.25) is 0 Å². The molecule has 0 spiro atoms. The normalized spacial score (nSPS) is 10.9. The summed E-state index contributed by atoms with van der Waals surface area (Å²) in [6.07, 6.45) is 7.02. The zero-order chi connectivity index (χ0) is 21.3. The molecule has 0 radical (unpaired) electrons. The van der Waals surface area contributed by atoms with Gasteiger partial charge in [-0.2, -0.15) is 9.59 Å². The molecule has 0 amide bonds. The molecule has 10 nitrogen and oxygen atoms in total. The maximum atomic E-state index is 12.5. The van der Waals surface area contributed by atoms with Crippen LogP contribution in [0.5, 0.6) is 0 Å². The summed E-state index contributed by atoms with van der Waals surface area (Å²) in [5.74, 6) is 0.620. The number of aliphatic carboxylic acids is 1. The van der Waals surface area contributed by atoms with Crippen LogP contribution in [-0.4, -0.2) is 53.6 Å². The average Bonchev–Trinajstić information content (AvgIpc) is 3.16. The average molecular weight is 391 g/mol. The van der Waals surface area contributed by atoms with Gasteiger partial charge >= 0.3 is 12.1 Å². The molecule has 2 aromatic rings. The van der Waals surface area contributed by atoms with Crippen molar-refractivity contribution in [2.45, 2.75) is 40.4 Å². The Hall–Kier alpha value is -3.10. The van der Waals surface area contributed by atoms with Gasteiger partial charge in [-0.25, -0.2) is 9.97 Å². The number of ketones is 1. The lowest BCUT2D eigenvalue weighted by molar-refractivity contribution is -0.191. The lowest BCUT2D eigenvalue weighted by Crippen LogP contribution is -2.36. The van der Waals surface area contributed by atoms with Gasteiger partial charge in [-0.05, 0) is 0 Å². The highest BCUT2D eigenvalue weighted by molar-refractivity contribution is 5.85. The molecule has 2 heterocycles. The largest absolute Gasteiger partial charge is 0.480 e. The van der Waals surface area contributed by atoms with E-state index in [0.717, 1.165) is 5.82 Å². The van der Waals surface area contributed by atoms with E-state index in [9.17, 15) is 9.59 Å². The summed E-state index contributed by atoms with van der Waals surface area (Å²) in [5.41, 5.74) is -0.448. The van der Waals surface area contributed by atoms with Gasteiger partial charge in [0, 0.05) is 37.3 Å². The number of carboxylic acid groups (broad SMARTS) is 1. The van der Waals surface area contributed by atoms with Crippen LogP contribution in [-0.2, 0) is 45.9 Å². The molecule has 0 saturated heterocycles. The number of aryl methyl sites for hydroxylation is 1. The Kier molecular flexibility index (Phi) is 8.43. The van der Waals surface area contributed by atoms with Crippen molar-refractivity contribution < 1.29 is 24.3 Å². The molecule has 1 N–H and O–H groups in total. The fraction of sp³-hybridized carbons (Fsp3) is 0.500. The van der Waals surface area contributed by atoms with Crippen LogP contribution in [0.1, 0.15) is 32.4 Å². The minimum atomic E-state index is -0.930. The van der Waals surface area contributed by atoms with Gasteiger partial charge in [-0.1, -0.05) is 20.8 Å². The molecule has 0 saturated carbocycles. The smallest absolute Gasteiger partial charge is 0.373 e. The maximum absolute atomic E-state index is 12.5. The monoisotopic (exact) mass is 391 g/mol. The van der Waals surface area contributed by atoms with E-state index in [4.69, 9.17) is 14.7 Å². The van der Waals surface area contributed by atoms with Gasteiger partial charge in [0.1, 0.15) is 18.2 Å². The van der Waals surface area contributed by atoms with Crippen LogP contribution in [0.3, 0.4) is 0 Å². The van der Waals surface area contributed by atoms with Crippen LogP contribution >= 0.6 is 0 Å². The number of carboxylic acids is 1. The Morgan fingerprint density at radius 1 is 1.11 bits per heavy atom. The van der Waals surface area contributed by atoms with E-state index < -0.39 is 11.4 Å². The molecule has 0 aliphatic carbocycles. The molecule has 152 valence electrons. The summed E-state index contributed by atoms with van der Waals surface area (Å²) in [6, 6.07) is 0. The van der Waals surface area contributed by atoms with E-state index in [2.05, 4.69) is 9.97 Å². The second kappa shape index (κ2) is 10.3. The van der Waals surface area contributed by atoms with E-state index in [0.29, 0.717) is 18.9 Å². The molecule has 2 rings (SSSR count). The Morgan fingerprint density at radius 3 is 2.14 bits per heavy atom. The van der Waals surface area contributed by atoms with E-state index in [1.807, 2.05) is 43.5 Å². The molecule has 10 heteroatoms. The maximum Gasteiger partial charge on any atom is 0.373 e. The van der Waals surface area contributed by atoms with Crippen molar-refractivity contribution in [2.24, 2.45) is 12.5 Å². The summed E-state index contributed by atoms with van der Waals surface area (Å²) < 4.78 is 3.48. The molecule has 0 aliphatic heterocycles. The van der Waals surface area contributed by atoms with Crippen molar-refractivity contribution in [3.8, 4) is 0 Å². The van der Waals surface area contributed by atoms with Gasteiger partial charge in [0.2, 0.25) is 0 Å². The van der Waals surface area contributed by atoms with Crippen LogP contribution in [0.25, 0.3) is 0 Å². The van der Waals surface area contributed by atoms with E-state index >= 15 is 0 Å². The number of carbonyl (C=O) groups is 2. The van der Waals surface area contributed by atoms with Crippen LogP contribution in [0.4, 0.5) is 0 Å². The zero-order valence-electron chi connectivity index (χ0n) is 16.5. The Morgan fingerprint density at radius 2 is 1.64 bits per heavy atom. The number of nitrogens with zero attached hydrogens (tertiary/aromatic N) is 5. The van der Waals surface area contributed by atoms with Crippen molar-refractivity contribution in [3.05, 3.63) is 36.4 Å². The summed E-state index contributed by atoms with van der Waals surface area (Å²) in [5, 5.41) is 9.01. The second-order valence-corrected chi connectivity index (χ2v) is 7.22. The molecule has 0 unspecified atom stereocenters. The van der Waals surface area contributed by atoms with E-state index in [1.165, 1.54) is 0 Å². The van der Waals surface area contributed by atoms with Gasteiger partial charge in [-0.15, -0.1) is 0 Å². The standard InChI is InChI=1S/C17H25N5O3.CO2/c1-17(2,3)13(23)9-21(10-14-18-5-7-20(14)4)11-15-19-6-8-22(15)12-16(24)25;2-1-3/h5-8H,9-12H2,1-4H3,(H,24,25);. The van der Waals surface area contributed by atoms with Gasteiger partial charge in [0.25, 0.3) is 0 Å². The topological polar surface area (TPSA) is 127 Å². The van der Waals surface area contributed by atoms with Crippen molar-refractivity contribution in [1.82, 2.24) is 24.0 Å². The van der Waals surface area contributed by atoms with Crippen LogP contribution in [0.15, 0.2) is 24.8 Å². The first-order valence-corrected chi connectivity index (χ1v) is 8.51. The summed E-state index contributed by atoms with van der Waals surface area (Å²) in [4.78, 5) is 50.2.